The van der Waals surface area contributed by atoms with Crippen molar-refractivity contribution in [3.8, 4) is 0 Å². The summed E-state index contributed by atoms with van der Waals surface area (Å²) in [6, 6.07) is 9.09. The van der Waals surface area contributed by atoms with Gasteiger partial charge in [0, 0.05) is 19.8 Å². The second-order valence-corrected chi connectivity index (χ2v) is 6.99. The van der Waals surface area contributed by atoms with E-state index in [1.54, 1.807) is 12.1 Å². The molecule has 1 aromatic heterocycles. The molecule has 0 fully saturated rings. The van der Waals surface area contributed by atoms with Crippen LogP contribution in [0.2, 0.25) is 5.02 Å². The molecule has 19 heavy (non-hydrogen) atoms. The molecule has 1 heterocycles. The number of amides is 1. The highest BCUT2D eigenvalue weighted by molar-refractivity contribution is 9.11. The molecular formula is C13H12BrClN2OS. The summed E-state index contributed by atoms with van der Waals surface area (Å²) < 4.78 is 0.929. The van der Waals surface area contributed by atoms with Gasteiger partial charge < -0.3 is 10.2 Å². The van der Waals surface area contributed by atoms with Crippen LogP contribution in [0.25, 0.3) is 0 Å². The van der Waals surface area contributed by atoms with Gasteiger partial charge in [0.05, 0.1) is 19.4 Å². The normalized spacial score (nSPS) is 10.3. The summed E-state index contributed by atoms with van der Waals surface area (Å²) in [6.07, 6.45) is 0. The number of rotatable bonds is 3. The highest BCUT2D eigenvalue weighted by Crippen LogP contribution is 2.28. The molecule has 0 aliphatic rings. The molecule has 2 aromatic rings. The van der Waals surface area contributed by atoms with E-state index in [1.165, 1.54) is 11.3 Å². The third kappa shape index (κ3) is 3.49. The maximum Gasteiger partial charge on any atom is 0.265 e. The molecule has 0 saturated heterocycles. The first-order valence-corrected chi connectivity index (χ1v) is 7.49. The SMILES string of the molecule is CN(C)c1ccc(NC(=O)c2ccc(Br)s2)cc1Cl. The molecule has 2 rings (SSSR count). The highest BCUT2D eigenvalue weighted by atomic mass is 79.9. The van der Waals surface area contributed by atoms with Crippen LogP contribution in [0.5, 0.6) is 0 Å². The number of anilines is 2. The lowest BCUT2D eigenvalue weighted by atomic mass is 10.2. The Balaban J connectivity index is 2.16. The third-order valence-electron chi connectivity index (χ3n) is 2.48. The Kier molecular flexibility index (Phi) is 4.50. The topological polar surface area (TPSA) is 32.3 Å². The summed E-state index contributed by atoms with van der Waals surface area (Å²) in [5.41, 5.74) is 1.60. The molecule has 0 saturated carbocycles. The number of nitrogens with zero attached hydrogens (tertiary/aromatic N) is 1. The molecule has 0 radical (unpaired) electrons. The van der Waals surface area contributed by atoms with E-state index in [9.17, 15) is 4.79 Å². The molecule has 3 nitrogen and oxygen atoms in total. The van der Waals surface area contributed by atoms with E-state index >= 15 is 0 Å². The van der Waals surface area contributed by atoms with Gasteiger partial charge in [-0.3, -0.25) is 4.79 Å². The van der Waals surface area contributed by atoms with Gasteiger partial charge in [-0.15, -0.1) is 11.3 Å². The third-order valence-corrected chi connectivity index (χ3v) is 4.41. The van der Waals surface area contributed by atoms with E-state index in [1.807, 2.05) is 37.2 Å². The first kappa shape index (κ1) is 14.4. The van der Waals surface area contributed by atoms with Crippen LogP contribution in [0.1, 0.15) is 9.67 Å². The van der Waals surface area contributed by atoms with Crippen molar-refractivity contribution in [3.63, 3.8) is 0 Å². The van der Waals surface area contributed by atoms with Gasteiger partial charge in [-0.05, 0) is 46.3 Å². The number of carbonyl (C=O) groups is 1. The summed E-state index contributed by atoms with van der Waals surface area (Å²) >= 11 is 10.9. The monoisotopic (exact) mass is 358 g/mol. The fourth-order valence-corrected chi connectivity index (χ4v) is 3.21. The van der Waals surface area contributed by atoms with Crippen LogP contribution in [0.3, 0.4) is 0 Å². The standard InChI is InChI=1S/C13H12BrClN2OS/c1-17(2)10-4-3-8(7-9(10)15)16-13(18)11-5-6-12(14)19-11/h3-7H,1-2H3,(H,16,18). The highest BCUT2D eigenvalue weighted by Gasteiger charge is 2.10. The zero-order chi connectivity index (χ0) is 14.0. The minimum atomic E-state index is -0.135. The smallest absolute Gasteiger partial charge is 0.265 e. The van der Waals surface area contributed by atoms with Gasteiger partial charge in [0.1, 0.15) is 0 Å². The first-order valence-electron chi connectivity index (χ1n) is 5.51. The Hall–Kier alpha value is -1.04. The Bertz CT molecular complexity index is 612. The molecular weight excluding hydrogens is 348 g/mol. The van der Waals surface area contributed by atoms with Gasteiger partial charge in [0.15, 0.2) is 0 Å². The first-order chi connectivity index (χ1) is 8.97. The molecule has 0 unspecified atom stereocenters. The van der Waals surface area contributed by atoms with Crippen molar-refractivity contribution in [2.45, 2.75) is 0 Å². The Morgan fingerprint density at radius 2 is 2.05 bits per heavy atom. The lowest BCUT2D eigenvalue weighted by molar-refractivity contribution is 0.103. The van der Waals surface area contributed by atoms with E-state index in [-0.39, 0.29) is 5.91 Å². The number of halogens is 2. The Morgan fingerprint density at radius 3 is 2.58 bits per heavy atom. The molecule has 0 aliphatic heterocycles. The fourth-order valence-electron chi connectivity index (χ4n) is 1.58. The molecule has 1 aromatic carbocycles. The molecule has 0 atom stereocenters. The quantitative estimate of drug-likeness (QED) is 0.876. The van der Waals surface area contributed by atoms with E-state index in [2.05, 4.69) is 21.2 Å². The summed E-state index contributed by atoms with van der Waals surface area (Å²) in [6.45, 7) is 0. The summed E-state index contributed by atoms with van der Waals surface area (Å²) in [5, 5.41) is 3.43. The van der Waals surface area contributed by atoms with Crippen LogP contribution in [0.15, 0.2) is 34.1 Å². The van der Waals surface area contributed by atoms with Gasteiger partial charge in [-0.1, -0.05) is 11.6 Å². The second-order valence-electron chi connectivity index (χ2n) is 4.12. The summed E-state index contributed by atoms with van der Waals surface area (Å²) in [7, 11) is 3.84. The number of thiophene rings is 1. The average molecular weight is 360 g/mol. The molecule has 0 spiro atoms. The molecule has 1 N–H and O–H groups in total. The van der Waals surface area contributed by atoms with Crippen molar-refractivity contribution in [3.05, 3.63) is 44.0 Å². The number of benzene rings is 1. The van der Waals surface area contributed by atoms with Crippen LogP contribution in [-0.2, 0) is 0 Å². The minimum absolute atomic E-state index is 0.135. The maximum atomic E-state index is 12.0. The summed E-state index contributed by atoms with van der Waals surface area (Å²) in [5.74, 6) is -0.135. The number of hydrogen-bond donors (Lipinski definition) is 1. The van der Waals surface area contributed by atoms with E-state index < -0.39 is 0 Å². The largest absolute Gasteiger partial charge is 0.376 e. The van der Waals surface area contributed by atoms with Gasteiger partial charge in [0.2, 0.25) is 0 Å². The molecule has 0 aliphatic carbocycles. The number of carbonyl (C=O) groups excluding carboxylic acids is 1. The van der Waals surface area contributed by atoms with Crippen molar-refractivity contribution < 1.29 is 4.79 Å². The van der Waals surface area contributed by atoms with Crippen LogP contribution in [-0.4, -0.2) is 20.0 Å². The van der Waals surface area contributed by atoms with E-state index in [0.717, 1.165) is 9.47 Å². The lowest BCUT2D eigenvalue weighted by Crippen LogP contribution is -2.12. The van der Waals surface area contributed by atoms with Crippen molar-refractivity contribution in [2.75, 3.05) is 24.3 Å². The zero-order valence-electron chi connectivity index (χ0n) is 10.4. The van der Waals surface area contributed by atoms with Crippen molar-refractivity contribution in [1.29, 1.82) is 0 Å². The van der Waals surface area contributed by atoms with Gasteiger partial charge in [-0.2, -0.15) is 0 Å². The fraction of sp³-hybridized carbons (Fsp3) is 0.154. The summed E-state index contributed by atoms with van der Waals surface area (Å²) in [4.78, 5) is 14.6. The van der Waals surface area contributed by atoms with Crippen LogP contribution < -0.4 is 10.2 Å². The average Bonchev–Trinajstić information content (AvgIpc) is 2.75. The lowest BCUT2D eigenvalue weighted by Gasteiger charge is -2.15. The zero-order valence-corrected chi connectivity index (χ0v) is 13.6. The van der Waals surface area contributed by atoms with Crippen LogP contribution in [0.4, 0.5) is 11.4 Å². The number of hydrogen-bond acceptors (Lipinski definition) is 3. The van der Waals surface area contributed by atoms with Crippen molar-refractivity contribution >= 4 is 56.1 Å². The van der Waals surface area contributed by atoms with E-state index in [4.69, 9.17) is 11.6 Å². The van der Waals surface area contributed by atoms with Gasteiger partial charge in [-0.25, -0.2) is 0 Å². The second kappa shape index (κ2) is 5.94. The van der Waals surface area contributed by atoms with E-state index in [0.29, 0.717) is 15.6 Å². The predicted molar refractivity (Wildman–Crippen MR) is 85.8 cm³/mol. The molecule has 0 bridgehead atoms. The Morgan fingerprint density at radius 1 is 1.32 bits per heavy atom. The number of nitrogens with one attached hydrogen (secondary N) is 1. The predicted octanol–water partition coefficient (Wildman–Crippen LogP) is 4.48. The van der Waals surface area contributed by atoms with Gasteiger partial charge >= 0.3 is 0 Å². The Labute approximate surface area is 129 Å². The molecule has 1 amide bonds. The molecule has 6 heteroatoms. The maximum absolute atomic E-state index is 12.0. The minimum Gasteiger partial charge on any atom is -0.376 e. The molecule has 100 valence electrons. The van der Waals surface area contributed by atoms with Crippen molar-refractivity contribution in [2.24, 2.45) is 0 Å². The van der Waals surface area contributed by atoms with Crippen molar-refractivity contribution in [1.82, 2.24) is 0 Å². The van der Waals surface area contributed by atoms with Crippen LogP contribution in [0, 0.1) is 0 Å². The van der Waals surface area contributed by atoms with Crippen LogP contribution >= 0.6 is 38.9 Å². The van der Waals surface area contributed by atoms with Gasteiger partial charge in [0.25, 0.3) is 5.91 Å².